The lowest BCUT2D eigenvalue weighted by atomic mass is 10.1. The van der Waals surface area contributed by atoms with E-state index < -0.39 is 15.8 Å². The first-order valence-electron chi connectivity index (χ1n) is 11.0. The number of aryl methyl sites for hydroxylation is 1. The summed E-state index contributed by atoms with van der Waals surface area (Å²) >= 11 is 0. The molecular weight excluding hydrogens is 444 g/mol. The van der Waals surface area contributed by atoms with Crippen LogP contribution >= 0.6 is 0 Å². The number of hydrogen-bond donors (Lipinski definition) is 1. The van der Waals surface area contributed by atoms with Crippen LogP contribution in [0.3, 0.4) is 0 Å². The van der Waals surface area contributed by atoms with Gasteiger partial charge in [-0.3, -0.25) is 0 Å². The number of fused-ring (bicyclic) bond motifs is 1. The number of benzene rings is 1. The molecule has 1 aliphatic heterocycles. The summed E-state index contributed by atoms with van der Waals surface area (Å²) in [6, 6.07) is 8.70. The van der Waals surface area contributed by atoms with Gasteiger partial charge in [0, 0.05) is 30.8 Å². The van der Waals surface area contributed by atoms with Crippen LogP contribution in [0.2, 0.25) is 0 Å². The van der Waals surface area contributed by atoms with E-state index in [4.69, 9.17) is 9.15 Å². The Kier molecular flexibility index (Phi) is 6.66. The van der Waals surface area contributed by atoms with Crippen LogP contribution < -0.4 is 10.2 Å². The summed E-state index contributed by atoms with van der Waals surface area (Å²) in [4.78, 5) is 23.4. The number of carbonyl (C=O) groups excluding carboxylic acids is 1. The van der Waals surface area contributed by atoms with E-state index >= 15 is 0 Å². The maximum absolute atomic E-state index is 11.9. The van der Waals surface area contributed by atoms with Crippen molar-refractivity contribution in [1.82, 2.24) is 15.3 Å². The molecule has 0 spiro atoms. The minimum Gasteiger partial charge on any atom is -0.460 e. The molecule has 1 aliphatic rings. The number of furan rings is 1. The van der Waals surface area contributed by atoms with Crippen molar-refractivity contribution in [3.05, 3.63) is 47.5 Å². The van der Waals surface area contributed by atoms with Crippen LogP contribution in [0.5, 0.6) is 0 Å². The molecule has 0 atom stereocenters. The van der Waals surface area contributed by atoms with Gasteiger partial charge in [-0.2, -0.15) is 0 Å². The third-order valence-electron chi connectivity index (χ3n) is 5.76. The molecule has 3 heterocycles. The van der Waals surface area contributed by atoms with Gasteiger partial charge in [-0.1, -0.05) is 0 Å². The van der Waals surface area contributed by atoms with Gasteiger partial charge >= 0.3 is 5.97 Å². The Hall–Kier alpha value is -2.98. The summed E-state index contributed by atoms with van der Waals surface area (Å²) in [6.07, 6.45) is 2.99. The fraction of sp³-hybridized carbons (Fsp3) is 0.435. The first-order valence-corrected chi connectivity index (χ1v) is 12.9. The number of aromatic nitrogens is 2. The van der Waals surface area contributed by atoms with Gasteiger partial charge in [-0.05, 0) is 57.0 Å². The molecule has 0 amide bonds. The van der Waals surface area contributed by atoms with E-state index in [1.165, 1.54) is 6.26 Å². The molecule has 4 rings (SSSR count). The molecule has 33 heavy (non-hydrogen) atoms. The number of anilines is 1. The number of ether oxygens (including phenoxy) is 1. The van der Waals surface area contributed by atoms with E-state index in [9.17, 15) is 13.2 Å². The lowest BCUT2D eigenvalue weighted by Crippen LogP contribution is -2.43. The summed E-state index contributed by atoms with van der Waals surface area (Å²) in [5, 5.41) is 4.33. The number of carbonyl (C=O) groups is 1. The normalized spacial score (nSPS) is 15.2. The van der Waals surface area contributed by atoms with E-state index in [1.54, 1.807) is 37.3 Å². The highest BCUT2D eigenvalue weighted by molar-refractivity contribution is 7.90. The van der Waals surface area contributed by atoms with Crippen LogP contribution in [-0.4, -0.2) is 56.3 Å². The monoisotopic (exact) mass is 472 g/mol. The second-order valence-electron chi connectivity index (χ2n) is 8.19. The summed E-state index contributed by atoms with van der Waals surface area (Å²) in [7, 11) is -3.30. The van der Waals surface area contributed by atoms with Crippen molar-refractivity contribution in [2.75, 3.05) is 30.9 Å². The maximum Gasteiger partial charge on any atom is 0.374 e. The lowest BCUT2D eigenvalue weighted by Gasteiger charge is -2.32. The van der Waals surface area contributed by atoms with Gasteiger partial charge in [0.15, 0.2) is 9.84 Å². The Labute approximate surface area is 193 Å². The van der Waals surface area contributed by atoms with E-state index in [2.05, 4.69) is 20.2 Å². The minimum atomic E-state index is -3.30. The van der Waals surface area contributed by atoms with Gasteiger partial charge in [0.1, 0.15) is 5.76 Å². The summed E-state index contributed by atoms with van der Waals surface area (Å²) < 4.78 is 34.3. The number of rotatable bonds is 7. The first-order chi connectivity index (χ1) is 15.7. The molecule has 176 valence electrons. The largest absolute Gasteiger partial charge is 0.460 e. The van der Waals surface area contributed by atoms with Crippen molar-refractivity contribution >= 4 is 32.7 Å². The molecule has 0 unspecified atom stereocenters. The fourth-order valence-electron chi connectivity index (χ4n) is 3.94. The van der Waals surface area contributed by atoms with Crippen molar-refractivity contribution in [2.45, 2.75) is 44.2 Å². The third kappa shape index (κ3) is 5.33. The Morgan fingerprint density at radius 2 is 1.97 bits per heavy atom. The Bertz CT molecular complexity index is 1260. The summed E-state index contributed by atoms with van der Waals surface area (Å²) in [6.45, 7) is 6.07. The van der Waals surface area contributed by atoms with Crippen molar-refractivity contribution < 1.29 is 22.4 Å². The van der Waals surface area contributed by atoms with Crippen molar-refractivity contribution in [3.63, 3.8) is 0 Å². The topological polar surface area (TPSA) is 115 Å². The number of sulfone groups is 1. The van der Waals surface area contributed by atoms with Gasteiger partial charge in [-0.25, -0.2) is 23.2 Å². The quantitative estimate of drug-likeness (QED) is 0.518. The molecule has 3 aromatic rings. The standard InChI is InChI=1S/C23H28N4O5S/c1-4-31-22(28)21-8-5-17(32-21)14-24-16-9-11-27(12-10-16)23-25-15(2)19-7-6-18(33(3,29)30)13-20(19)26-23/h5-8,13,16,24H,4,9-12,14H2,1-3H3. The zero-order chi connectivity index (χ0) is 23.6. The van der Waals surface area contributed by atoms with Crippen LogP contribution in [-0.2, 0) is 21.1 Å². The van der Waals surface area contributed by atoms with Crippen molar-refractivity contribution in [3.8, 4) is 0 Å². The molecule has 0 radical (unpaired) electrons. The Morgan fingerprint density at radius 3 is 2.67 bits per heavy atom. The highest BCUT2D eigenvalue weighted by Gasteiger charge is 2.22. The number of esters is 1. The molecule has 0 saturated carbocycles. The average molecular weight is 473 g/mol. The average Bonchev–Trinajstić information content (AvgIpc) is 3.26. The van der Waals surface area contributed by atoms with E-state index in [-0.39, 0.29) is 10.7 Å². The SMILES string of the molecule is CCOC(=O)c1ccc(CNC2CCN(c3nc(C)c4ccc(S(C)(=O)=O)cc4n3)CC2)o1. The molecular formula is C23H28N4O5S. The summed E-state index contributed by atoms with van der Waals surface area (Å²) in [5.74, 6) is 1.07. The predicted octanol–water partition coefficient (Wildman–Crippen LogP) is 2.87. The van der Waals surface area contributed by atoms with Gasteiger partial charge in [0.05, 0.1) is 29.3 Å². The number of nitrogens with zero attached hydrogens (tertiary/aromatic N) is 3. The van der Waals surface area contributed by atoms with Crippen LogP contribution in [0, 0.1) is 6.92 Å². The van der Waals surface area contributed by atoms with Crippen molar-refractivity contribution in [2.24, 2.45) is 0 Å². The zero-order valence-corrected chi connectivity index (χ0v) is 19.8. The van der Waals surface area contributed by atoms with Crippen LogP contribution in [0.4, 0.5) is 5.95 Å². The number of piperidine rings is 1. The molecule has 1 saturated heterocycles. The van der Waals surface area contributed by atoms with Gasteiger partial charge in [-0.15, -0.1) is 0 Å². The number of nitrogens with one attached hydrogen (secondary N) is 1. The first kappa shape index (κ1) is 23.2. The summed E-state index contributed by atoms with van der Waals surface area (Å²) in [5.41, 5.74) is 1.46. The van der Waals surface area contributed by atoms with Gasteiger partial charge in [0.25, 0.3) is 0 Å². The van der Waals surface area contributed by atoms with E-state index in [0.29, 0.717) is 36.4 Å². The van der Waals surface area contributed by atoms with E-state index in [1.807, 2.05) is 6.92 Å². The highest BCUT2D eigenvalue weighted by Crippen LogP contribution is 2.24. The minimum absolute atomic E-state index is 0.214. The van der Waals surface area contributed by atoms with Crippen LogP contribution in [0.15, 0.2) is 39.6 Å². The van der Waals surface area contributed by atoms with Gasteiger partial charge < -0.3 is 19.4 Å². The molecule has 0 bridgehead atoms. The molecule has 1 aromatic carbocycles. The second-order valence-corrected chi connectivity index (χ2v) is 10.2. The zero-order valence-electron chi connectivity index (χ0n) is 19.0. The predicted molar refractivity (Wildman–Crippen MR) is 124 cm³/mol. The maximum atomic E-state index is 11.9. The lowest BCUT2D eigenvalue weighted by molar-refractivity contribution is 0.0487. The van der Waals surface area contributed by atoms with Gasteiger partial charge in [0.2, 0.25) is 11.7 Å². The smallest absolute Gasteiger partial charge is 0.374 e. The highest BCUT2D eigenvalue weighted by atomic mass is 32.2. The van der Waals surface area contributed by atoms with Crippen LogP contribution in [0.25, 0.3) is 10.9 Å². The third-order valence-corrected chi connectivity index (χ3v) is 6.87. The molecule has 9 nitrogen and oxygen atoms in total. The molecule has 2 aromatic heterocycles. The van der Waals surface area contributed by atoms with Crippen LogP contribution in [0.1, 0.15) is 41.8 Å². The Balaban J connectivity index is 1.38. The number of hydrogen-bond acceptors (Lipinski definition) is 9. The fourth-order valence-corrected chi connectivity index (χ4v) is 4.58. The van der Waals surface area contributed by atoms with Crippen molar-refractivity contribution in [1.29, 1.82) is 0 Å². The molecule has 0 aliphatic carbocycles. The molecule has 1 fully saturated rings. The van der Waals surface area contributed by atoms with E-state index in [0.717, 1.165) is 37.0 Å². The molecule has 1 N–H and O–H groups in total. The molecule has 10 heteroatoms. The second kappa shape index (κ2) is 9.48. The Morgan fingerprint density at radius 1 is 1.21 bits per heavy atom.